The van der Waals surface area contributed by atoms with Crippen molar-refractivity contribution in [3.8, 4) is 0 Å². The van der Waals surface area contributed by atoms with Crippen molar-refractivity contribution in [3.63, 3.8) is 0 Å². The van der Waals surface area contributed by atoms with Gasteiger partial charge in [0.2, 0.25) is 0 Å². The van der Waals surface area contributed by atoms with Crippen molar-refractivity contribution in [1.82, 2.24) is 0 Å². The molecular formula is C56H73NSi2. The number of hydrogen-bond donors (Lipinski definition) is 0. The summed E-state index contributed by atoms with van der Waals surface area (Å²) in [5, 5.41) is 11.5. The lowest BCUT2D eigenvalue weighted by atomic mass is 10.1. The van der Waals surface area contributed by atoms with Crippen LogP contribution >= 0.6 is 0 Å². The summed E-state index contributed by atoms with van der Waals surface area (Å²) in [7, 11) is -5.47. The molecule has 1 nitrogen and oxygen atoms in total. The van der Waals surface area contributed by atoms with E-state index in [0.717, 1.165) is 0 Å². The first kappa shape index (κ1) is 49.9. The second-order valence-corrected chi connectivity index (χ2v) is 19.5. The average molecular weight is 816 g/mol. The first-order valence-corrected chi connectivity index (χ1v) is 26.7. The molecule has 310 valence electrons. The third-order valence-corrected chi connectivity index (χ3v) is 19.7. The van der Waals surface area contributed by atoms with Crippen molar-refractivity contribution in [2.75, 3.05) is 4.90 Å². The van der Waals surface area contributed by atoms with Crippen LogP contribution in [0.5, 0.6) is 0 Å². The topological polar surface area (TPSA) is 3.24 Å². The van der Waals surface area contributed by atoms with Crippen LogP contribution in [0.1, 0.15) is 96.9 Å². The van der Waals surface area contributed by atoms with Crippen LogP contribution in [0.3, 0.4) is 0 Å². The van der Waals surface area contributed by atoms with Crippen LogP contribution < -0.4 is 46.4 Å². The van der Waals surface area contributed by atoms with E-state index in [1.54, 1.807) is 0 Å². The molecular weight excluding hydrogens is 743 g/mol. The van der Waals surface area contributed by atoms with Crippen molar-refractivity contribution in [3.05, 3.63) is 188 Å². The van der Waals surface area contributed by atoms with E-state index >= 15 is 0 Å². The monoisotopic (exact) mass is 816 g/mol. The SMILES string of the molecule is CC.CC.CC.CC.CC.CC.CC.c1ccc([Si]2(c3ccccc3)c3ccccc3N3c4ccccc4[Si](c4ccccc4)(c4ccccc4)c4cccc2c43)cc1. The Morgan fingerprint density at radius 1 is 0.237 bits per heavy atom. The fourth-order valence-corrected chi connectivity index (χ4v) is 18.7. The van der Waals surface area contributed by atoms with Crippen LogP contribution in [0.25, 0.3) is 0 Å². The highest BCUT2D eigenvalue weighted by Crippen LogP contribution is 2.41. The number of benzene rings is 7. The minimum absolute atomic E-state index is 1.30. The van der Waals surface area contributed by atoms with E-state index in [0.29, 0.717) is 0 Å². The number of anilines is 3. The highest BCUT2D eigenvalue weighted by atomic mass is 28.3. The maximum Gasteiger partial charge on any atom is 0.184 e. The van der Waals surface area contributed by atoms with Gasteiger partial charge in [-0.3, -0.25) is 0 Å². The molecule has 0 bridgehead atoms. The fraction of sp³-hybridized carbons (Fsp3) is 0.250. The van der Waals surface area contributed by atoms with Gasteiger partial charge in [0.25, 0.3) is 0 Å². The predicted octanol–water partition coefficient (Wildman–Crippen LogP) is 11.7. The zero-order chi connectivity index (χ0) is 43.8. The minimum Gasteiger partial charge on any atom is -0.311 e. The summed E-state index contributed by atoms with van der Waals surface area (Å²) in [5.74, 6) is 0. The van der Waals surface area contributed by atoms with Gasteiger partial charge in [-0.05, 0) is 53.6 Å². The summed E-state index contributed by atoms with van der Waals surface area (Å²) in [4.78, 5) is 2.61. The summed E-state index contributed by atoms with van der Waals surface area (Å²) in [6, 6.07) is 71.1. The zero-order valence-electron chi connectivity index (χ0n) is 38.8. The van der Waals surface area contributed by atoms with Crippen molar-refractivity contribution >= 4 is 74.7 Å². The van der Waals surface area contributed by atoms with Gasteiger partial charge in [0.1, 0.15) is 0 Å². The molecule has 9 rings (SSSR count). The summed E-state index contributed by atoms with van der Waals surface area (Å²) >= 11 is 0. The van der Waals surface area contributed by atoms with Crippen LogP contribution in [0, 0.1) is 0 Å². The van der Waals surface area contributed by atoms with Gasteiger partial charge in [0.15, 0.2) is 16.1 Å². The molecule has 2 heterocycles. The molecule has 3 heteroatoms. The van der Waals surface area contributed by atoms with Gasteiger partial charge in [-0.1, -0.05) is 273 Å². The molecule has 0 N–H and O–H groups in total. The molecule has 0 saturated heterocycles. The number of hydrogen-bond acceptors (Lipinski definition) is 1. The average Bonchev–Trinajstić information content (AvgIpc) is 3.37. The van der Waals surface area contributed by atoms with Gasteiger partial charge in [-0.2, -0.15) is 0 Å². The lowest BCUT2D eigenvalue weighted by molar-refractivity contribution is 1.29. The number of rotatable bonds is 4. The summed E-state index contributed by atoms with van der Waals surface area (Å²) in [6.45, 7) is 28.0. The Balaban J connectivity index is 0.000000782. The molecule has 0 amide bonds. The third kappa shape index (κ3) is 9.03. The number of para-hydroxylation sites is 3. The lowest BCUT2D eigenvalue weighted by Gasteiger charge is -2.51. The molecule has 0 spiro atoms. The Morgan fingerprint density at radius 2 is 0.458 bits per heavy atom. The molecule has 0 aliphatic carbocycles. The van der Waals surface area contributed by atoms with E-state index in [1.165, 1.54) is 58.6 Å². The van der Waals surface area contributed by atoms with Gasteiger partial charge in [0.05, 0.1) is 0 Å². The van der Waals surface area contributed by atoms with Crippen molar-refractivity contribution < 1.29 is 0 Å². The number of nitrogens with zero attached hydrogens (tertiary/aromatic N) is 1. The lowest BCUT2D eigenvalue weighted by Crippen LogP contribution is -2.82. The van der Waals surface area contributed by atoms with E-state index in [2.05, 4.69) is 193 Å². The smallest absolute Gasteiger partial charge is 0.184 e. The van der Waals surface area contributed by atoms with Crippen molar-refractivity contribution in [2.24, 2.45) is 0 Å². The molecule has 2 aliphatic rings. The highest BCUT2D eigenvalue weighted by molar-refractivity contribution is 7.24. The van der Waals surface area contributed by atoms with Gasteiger partial charge in [-0.25, -0.2) is 0 Å². The quantitative estimate of drug-likeness (QED) is 0.160. The fourth-order valence-electron chi connectivity index (χ4n) is 8.35. The van der Waals surface area contributed by atoms with E-state index in [9.17, 15) is 0 Å². The summed E-state index contributed by atoms with van der Waals surface area (Å²) < 4.78 is 0. The maximum atomic E-state index is 2.61. The Bertz CT molecular complexity index is 1930. The summed E-state index contributed by atoms with van der Waals surface area (Å²) in [5.41, 5.74) is 3.98. The standard InChI is InChI=1S/C42H31NSi2.7C2H6/c1-5-18-32(19-6-1)44(33-20-7-2-8-21-33)38-28-15-13-26-36(38)43-37-27-14-16-29-39(37)45(34-22-9-3-10-23-34,35-24-11-4-12-25-35)41-31-17-30-40(44)42(41)43;7*1-2/h1-31H;7*1-2H3. The first-order valence-electron chi connectivity index (χ1n) is 22.7. The molecule has 0 atom stereocenters. The molecule has 0 radical (unpaired) electrons. The Morgan fingerprint density at radius 3 is 0.729 bits per heavy atom. The largest absolute Gasteiger partial charge is 0.311 e. The summed E-state index contributed by atoms with van der Waals surface area (Å²) in [6.07, 6.45) is 0. The molecule has 7 aromatic rings. The second-order valence-electron chi connectivity index (χ2n) is 12.0. The van der Waals surface area contributed by atoms with Crippen LogP contribution in [0.15, 0.2) is 188 Å². The normalized spacial score (nSPS) is 12.1. The van der Waals surface area contributed by atoms with Gasteiger partial charge in [-0.15, -0.1) is 0 Å². The number of fused-ring (bicyclic) bond motifs is 4. The van der Waals surface area contributed by atoms with E-state index in [1.807, 2.05) is 96.9 Å². The Hall–Kier alpha value is -5.23. The van der Waals surface area contributed by atoms with Crippen LogP contribution in [-0.4, -0.2) is 16.1 Å². The van der Waals surface area contributed by atoms with Crippen LogP contribution in [0.4, 0.5) is 17.1 Å². The van der Waals surface area contributed by atoms with Gasteiger partial charge >= 0.3 is 0 Å². The molecule has 0 aromatic heterocycles. The molecule has 59 heavy (non-hydrogen) atoms. The van der Waals surface area contributed by atoms with Crippen molar-refractivity contribution in [1.29, 1.82) is 0 Å². The minimum atomic E-state index is -2.74. The van der Waals surface area contributed by atoms with E-state index < -0.39 is 16.1 Å². The first-order chi connectivity index (χ1) is 29.4. The van der Waals surface area contributed by atoms with Crippen molar-refractivity contribution in [2.45, 2.75) is 96.9 Å². The van der Waals surface area contributed by atoms with E-state index in [-0.39, 0.29) is 0 Å². The van der Waals surface area contributed by atoms with E-state index in [4.69, 9.17) is 0 Å². The second kappa shape index (κ2) is 26.0. The van der Waals surface area contributed by atoms with Gasteiger partial charge < -0.3 is 4.90 Å². The maximum absolute atomic E-state index is 2.74. The molecule has 0 unspecified atom stereocenters. The highest BCUT2D eigenvalue weighted by Gasteiger charge is 2.55. The molecule has 2 aliphatic heterocycles. The Kier molecular flexibility index (Phi) is 22.0. The Labute approximate surface area is 362 Å². The van der Waals surface area contributed by atoms with Crippen LogP contribution in [0.2, 0.25) is 0 Å². The van der Waals surface area contributed by atoms with Crippen LogP contribution in [-0.2, 0) is 0 Å². The zero-order valence-corrected chi connectivity index (χ0v) is 40.8. The molecule has 0 fully saturated rings. The third-order valence-electron chi connectivity index (χ3n) is 9.99. The molecule has 7 aromatic carbocycles. The predicted molar refractivity (Wildman–Crippen MR) is 275 cm³/mol. The van der Waals surface area contributed by atoms with Gasteiger partial charge in [0, 0.05) is 17.1 Å². The molecule has 0 saturated carbocycles.